The summed E-state index contributed by atoms with van der Waals surface area (Å²) in [7, 11) is -4.08. The second-order valence-electron chi connectivity index (χ2n) is 9.23. The summed E-state index contributed by atoms with van der Waals surface area (Å²) >= 11 is 3.46. The molecule has 7 nitrogen and oxygen atoms in total. The predicted octanol–water partition coefficient (Wildman–Crippen LogP) is 5.20. The van der Waals surface area contributed by atoms with Gasteiger partial charge in [-0.25, -0.2) is 8.42 Å². The lowest BCUT2D eigenvalue weighted by Gasteiger charge is -2.32. The van der Waals surface area contributed by atoms with Gasteiger partial charge >= 0.3 is 0 Å². The molecule has 9 heteroatoms. The van der Waals surface area contributed by atoms with Crippen LogP contribution in [0.5, 0.6) is 0 Å². The molecule has 2 amide bonds. The van der Waals surface area contributed by atoms with Crippen molar-refractivity contribution in [1.82, 2.24) is 10.2 Å². The van der Waals surface area contributed by atoms with Gasteiger partial charge in [-0.3, -0.25) is 13.9 Å². The van der Waals surface area contributed by atoms with Crippen molar-refractivity contribution >= 4 is 43.5 Å². The van der Waals surface area contributed by atoms with Crippen molar-refractivity contribution in [2.75, 3.05) is 17.4 Å². The van der Waals surface area contributed by atoms with Crippen LogP contribution in [0.15, 0.2) is 82.2 Å². The average molecular weight is 601 g/mol. The fourth-order valence-electron chi connectivity index (χ4n) is 4.13. The van der Waals surface area contributed by atoms with Gasteiger partial charge in [-0.2, -0.15) is 0 Å². The zero-order valence-electron chi connectivity index (χ0n) is 22.1. The van der Waals surface area contributed by atoms with Crippen LogP contribution in [0.2, 0.25) is 0 Å². The van der Waals surface area contributed by atoms with Crippen LogP contribution in [-0.2, 0) is 26.2 Å². The van der Waals surface area contributed by atoms with Crippen molar-refractivity contribution in [3.05, 3.63) is 94.0 Å². The van der Waals surface area contributed by atoms with E-state index in [1.807, 2.05) is 57.2 Å². The van der Waals surface area contributed by atoms with Crippen LogP contribution in [0.1, 0.15) is 37.0 Å². The van der Waals surface area contributed by atoms with E-state index in [-0.39, 0.29) is 17.3 Å². The van der Waals surface area contributed by atoms with Crippen LogP contribution < -0.4 is 9.62 Å². The Kier molecular flexibility index (Phi) is 10.1. The number of halogens is 1. The number of amides is 2. The Labute approximate surface area is 234 Å². The molecular weight excluding hydrogens is 566 g/mol. The molecule has 0 aromatic heterocycles. The first kappa shape index (κ1) is 29.4. The number of anilines is 1. The fourth-order valence-corrected chi connectivity index (χ4v) is 6.08. The molecule has 3 aromatic carbocycles. The van der Waals surface area contributed by atoms with E-state index in [1.54, 1.807) is 31.2 Å². The van der Waals surface area contributed by atoms with Crippen molar-refractivity contribution in [3.63, 3.8) is 0 Å². The van der Waals surface area contributed by atoms with E-state index in [4.69, 9.17) is 0 Å². The van der Waals surface area contributed by atoms with Crippen LogP contribution >= 0.6 is 15.9 Å². The Balaban J connectivity index is 2.04. The smallest absolute Gasteiger partial charge is 0.264 e. The standard InChI is InChI=1S/C29H34BrN3O4S/c1-5-16-31-29(35)23(4)32(19-24-10-9-11-25(30)18-24)28(34)20-33(27-15-14-21(2)17-22(27)3)38(36,37)26-12-7-6-8-13-26/h6-15,17-18,23H,5,16,19-20H2,1-4H3,(H,31,35)/t23-/m1/s1. The first-order valence-corrected chi connectivity index (χ1v) is 14.7. The first-order valence-electron chi connectivity index (χ1n) is 12.5. The first-order chi connectivity index (χ1) is 18.0. The highest BCUT2D eigenvalue weighted by Crippen LogP contribution is 2.28. The third kappa shape index (κ3) is 7.23. The molecule has 0 aliphatic heterocycles. The average Bonchev–Trinajstić information content (AvgIpc) is 2.89. The molecule has 0 aliphatic carbocycles. The Bertz CT molecular complexity index is 1380. The summed E-state index contributed by atoms with van der Waals surface area (Å²) in [5.74, 6) is -0.775. The molecule has 1 atom stereocenters. The molecule has 0 radical (unpaired) electrons. The van der Waals surface area contributed by atoms with E-state index >= 15 is 0 Å². The minimum atomic E-state index is -4.08. The lowest BCUT2D eigenvalue weighted by atomic mass is 10.1. The van der Waals surface area contributed by atoms with Gasteiger partial charge in [-0.1, -0.05) is 70.9 Å². The Hall–Kier alpha value is -3.17. The number of hydrogen-bond acceptors (Lipinski definition) is 4. The van der Waals surface area contributed by atoms with E-state index in [9.17, 15) is 18.0 Å². The van der Waals surface area contributed by atoms with E-state index < -0.39 is 28.5 Å². The van der Waals surface area contributed by atoms with Gasteiger partial charge < -0.3 is 10.2 Å². The van der Waals surface area contributed by atoms with E-state index in [2.05, 4.69) is 21.2 Å². The number of sulfonamides is 1. The third-order valence-corrected chi connectivity index (χ3v) is 8.46. The van der Waals surface area contributed by atoms with Crippen LogP contribution in [0.4, 0.5) is 5.69 Å². The minimum Gasteiger partial charge on any atom is -0.354 e. The zero-order chi connectivity index (χ0) is 27.9. The lowest BCUT2D eigenvalue weighted by Crippen LogP contribution is -2.51. The monoisotopic (exact) mass is 599 g/mol. The summed E-state index contributed by atoms with van der Waals surface area (Å²) in [5, 5.41) is 2.85. The Morgan fingerprint density at radius 1 is 0.974 bits per heavy atom. The largest absolute Gasteiger partial charge is 0.354 e. The molecule has 0 fully saturated rings. The molecule has 0 heterocycles. The second-order valence-corrected chi connectivity index (χ2v) is 12.0. The van der Waals surface area contributed by atoms with Crippen LogP contribution in [0, 0.1) is 13.8 Å². The van der Waals surface area contributed by atoms with Crippen LogP contribution in [-0.4, -0.2) is 44.3 Å². The van der Waals surface area contributed by atoms with Gasteiger partial charge in [0, 0.05) is 17.6 Å². The summed E-state index contributed by atoms with van der Waals surface area (Å²) in [4.78, 5) is 28.4. The van der Waals surface area contributed by atoms with Gasteiger partial charge in [0.15, 0.2) is 0 Å². The maximum atomic E-state index is 13.9. The Morgan fingerprint density at radius 3 is 2.32 bits per heavy atom. The number of hydrogen-bond donors (Lipinski definition) is 1. The number of benzene rings is 3. The Morgan fingerprint density at radius 2 is 1.68 bits per heavy atom. The maximum Gasteiger partial charge on any atom is 0.264 e. The third-order valence-electron chi connectivity index (χ3n) is 6.19. The molecular formula is C29H34BrN3O4S. The second kappa shape index (κ2) is 13.1. The topological polar surface area (TPSA) is 86.8 Å². The quantitative estimate of drug-likeness (QED) is 0.328. The number of aryl methyl sites for hydroxylation is 2. The highest BCUT2D eigenvalue weighted by atomic mass is 79.9. The molecule has 3 aromatic rings. The van der Waals surface area contributed by atoms with Crippen molar-refractivity contribution < 1.29 is 18.0 Å². The lowest BCUT2D eigenvalue weighted by molar-refractivity contribution is -0.139. The van der Waals surface area contributed by atoms with Gasteiger partial charge in [0.1, 0.15) is 12.6 Å². The van der Waals surface area contributed by atoms with Gasteiger partial charge in [0.05, 0.1) is 10.6 Å². The number of nitrogens with zero attached hydrogens (tertiary/aromatic N) is 2. The maximum absolute atomic E-state index is 13.9. The summed E-state index contributed by atoms with van der Waals surface area (Å²) in [6.07, 6.45) is 0.758. The number of carbonyl (C=O) groups is 2. The van der Waals surface area contributed by atoms with E-state index in [0.29, 0.717) is 12.2 Å². The van der Waals surface area contributed by atoms with Crippen molar-refractivity contribution in [2.45, 2.75) is 51.6 Å². The van der Waals surface area contributed by atoms with Crippen molar-refractivity contribution in [3.8, 4) is 0 Å². The van der Waals surface area contributed by atoms with Crippen LogP contribution in [0.25, 0.3) is 0 Å². The molecule has 0 aliphatic rings. The van der Waals surface area contributed by atoms with Gasteiger partial charge in [0.2, 0.25) is 11.8 Å². The summed E-state index contributed by atoms with van der Waals surface area (Å²) in [6.45, 7) is 7.53. The van der Waals surface area contributed by atoms with Crippen LogP contribution in [0.3, 0.4) is 0 Å². The predicted molar refractivity (Wildman–Crippen MR) is 154 cm³/mol. The number of carbonyl (C=O) groups excluding carboxylic acids is 2. The summed E-state index contributed by atoms with van der Waals surface area (Å²) in [6, 6.07) is 20.1. The van der Waals surface area contributed by atoms with Gasteiger partial charge in [-0.05, 0) is 68.7 Å². The highest BCUT2D eigenvalue weighted by Gasteiger charge is 2.33. The molecule has 3 rings (SSSR count). The highest BCUT2D eigenvalue weighted by molar-refractivity contribution is 9.10. The molecule has 0 saturated carbocycles. The molecule has 1 N–H and O–H groups in total. The van der Waals surface area contributed by atoms with Crippen molar-refractivity contribution in [1.29, 1.82) is 0 Å². The van der Waals surface area contributed by atoms with Crippen molar-refractivity contribution in [2.24, 2.45) is 0 Å². The molecule has 0 saturated heterocycles. The number of rotatable bonds is 11. The molecule has 202 valence electrons. The molecule has 0 bridgehead atoms. The normalized spacial score (nSPS) is 12.0. The fraction of sp³-hybridized carbons (Fsp3) is 0.310. The van der Waals surface area contributed by atoms with Gasteiger partial charge in [-0.15, -0.1) is 0 Å². The SMILES string of the molecule is CCCNC(=O)[C@@H](C)N(Cc1cccc(Br)c1)C(=O)CN(c1ccc(C)cc1C)S(=O)(=O)c1ccccc1. The van der Waals surface area contributed by atoms with E-state index in [0.717, 1.165) is 31.9 Å². The molecule has 38 heavy (non-hydrogen) atoms. The van der Waals surface area contributed by atoms with E-state index in [1.165, 1.54) is 17.0 Å². The summed E-state index contributed by atoms with van der Waals surface area (Å²) in [5.41, 5.74) is 2.93. The minimum absolute atomic E-state index is 0.0834. The molecule has 0 spiro atoms. The number of nitrogens with one attached hydrogen (secondary N) is 1. The zero-order valence-corrected chi connectivity index (χ0v) is 24.6. The molecule has 0 unspecified atom stereocenters. The van der Waals surface area contributed by atoms with Gasteiger partial charge in [0.25, 0.3) is 10.0 Å². The summed E-state index contributed by atoms with van der Waals surface area (Å²) < 4.78 is 29.7.